The summed E-state index contributed by atoms with van der Waals surface area (Å²) in [5.41, 5.74) is 0.946. The minimum atomic E-state index is 0.410. The van der Waals surface area contributed by atoms with E-state index < -0.39 is 0 Å². The highest BCUT2D eigenvalue weighted by Gasteiger charge is 2.10. The maximum absolute atomic E-state index is 5.92. The van der Waals surface area contributed by atoms with Gasteiger partial charge in [0.25, 0.3) is 0 Å². The van der Waals surface area contributed by atoms with Gasteiger partial charge in [-0.15, -0.1) is 11.6 Å². The average Bonchev–Trinajstić information content (AvgIpc) is 2.44. The standard InChI is InChI=1S/C15H23ClO3/c1-3-5-9-17-10-11-19-15-13(12-16)7-6-8-14(15)18-4-2/h6-8H,3-5,9-12H2,1-2H3. The first-order valence-electron chi connectivity index (χ1n) is 6.84. The lowest BCUT2D eigenvalue weighted by Crippen LogP contribution is -2.09. The number of alkyl halides is 1. The number of unbranched alkanes of at least 4 members (excludes halogenated alkanes) is 1. The summed E-state index contributed by atoms with van der Waals surface area (Å²) in [6.45, 7) is 6.58. The number of halogens is 1. The Kier molecular flexibility index (Phi) is 8.43. The number of para-hydroxylation sites is 1. The Morgan fingerprint density at radius 1 is 1.05 bits per heavy atom. The van der Waals surface area contributed by atoms with Gasteiger partial charge in [0.2, 0.25) is 0 Å². The van der Waals surface area contributed by atoms with Gasteiger partial charge in [-0.05, 0) is 19.4 Å². The summed E-state index contributed by atoms with van der Waals surface area (Å²) in [5.74, 6) is 1.89. The van der Waals surface area contributed by atoms with Gasteiger partial charge in [0, 0.05) is 12.2 Å². The highest BCUT2D eigenvalue weighted by atomic mass is 35.5. The molecular weight excluding hydrogens is 264 g/mol. The van der Waals surface area contributed by atoms with E-state index in [9.17, 15) is 0 Å². The lowest BCUT2D eigenvalue weighted by Gasteiger charge is -2.15. The molecule has 1 rings (SSSR count). The van der Waals surface area contributed by atoms with Crippen molar-refractivity contribution in [3.63, 3.8) is 0 Å². The molecule has 0 atom stereocenters. The molecule has 0 aliphatic rings. The lowest BCUT2D eigenvalue weighted by atomic mass is 10.2. The molecule has 0 spiro atoms. The second-order valence-electron chi connectivity index (χ2n) is 4.13. The Morgan fingerprint density at radius 3 is 2.58 bits per heavy atom. The molecule has 0 bridgehead atoms. The zero-order valence-electron chi connectivity index (χ0n) is 11.8. The smallest absolute Gasteiger partial charge is 0.165 e. The fourth-order valence-electron chi connectivity index (χ4n) is 1.65. The predicted molar refractivity (Wildman–Crippen MR) is 78.4 cm³/mol. The lowest BCUT2D eigenvalue weighted by molar-refractivity contribution is 0.0964. The van der Waals surface area contributed by atoms with Gasteiger partial charge in [-0.1, -0.05) is 25.5 Å². The highest BCUT2D eigenvalue weighted by Crippen LogP contribution is 2.32. The molecule has 108 valence electrons. The van der Waals surface area contributed by atoms with Gasteiger partial charge in [0.15, 0.2) is 11.5 Å². The van der Waals surface area contributed by atoms with Gasteiger partial charge in [0.05, 0.1) is 19.1 Å². The molecule has 19 heavy (non-hydrogen) atoms. The van der Waals surface area contributed by atoms with E-state index in [1.807, 2.05) is 25.1 Å². The number of hydrogen-bond donors (Lipinski definition) is 0. The molecule has 0 aromatic heterocycles. The SMILES string of the molecule is CCCCOCCOc1c(CCl)cccc1OCC. The van der Waals surface area contributed by atoms with E-state index in [-0.39, 0.29) is 0 Å². The van der Waals surface area contributed by atoms with Crippen LogP contribution in [0.4, 0.5) is 0 Å². The van der Waals surface area contributed by atoms with Crippen molar-refractivity contribution >= 4 is 11.6 Å². The van der Waals surface area contributed by atoms with Crippen molar-refractivity contribution in [2.45, 2.75) is 32.6 Å². The average molecular weight is 287 g/mol. The number of hydrogen-bond acceptors (Lipinski definition) is 3. The summed E-state index contributed by atoms with van der Waals surface area (Å²) in [6.07, 6.45) is 2.23. The fraction of sp³-hybridized carbons (Fsp3) is 0.600. The van der Waals surface area contributed by atoms with Crippen LogP contribution < -0.4 is 9.47 Å². The molecule has 0 aliphatic carbocycles. The first kappa shape index (κ1) is 16.1. The van der Waals surface area contributed by atoms with Crippen LogP contribution in [0.15, 0.2) is 18.2 Å². The topological polar surface area (TPSA) is 27.7 Å². The van der Waals surface area contributed by atoms with Crippen LogP contribution in [0.3, 0.4) is 0 Å². The van der Waals surface area contributed by atoms with E-state index in [1.165, 1.54) is 0 Å². The Balaban J connectivity index is 2.50. The van der Waals surface area contributed by atoms with Gasteiger partial charge in [-0.2, -0.15) is 0 Å². The maximum atomic E-state index is 5.92. The van der Waals surface area contributed by atoms with Gasteiger partial charge < -0.3 is 14.2 Å². The van der Waals surface area contributed by atoms with Crippen molar-refractivity contribution in [3.05, 3.63) is 23.8 Å². The van der Waals surface area contributed by atoms with E-state index in [4.69, 9.17) is 25.8 Å². The Bertz CT molecular complexity index is 355. The van der Waals surface area contributed by atoms with Crippen molar-refractivity contribution in [3.8, 4) is 11.5 Å². The van der Waals surface area contributed by atoms with Crippen LogP contribution in [0.1, 0.15) is 32.3 Å². The normalized spacial score (nSPS) is 10.5. The number of rotatable bonds is 10. The second-order valence-corrected chi connectivity index (χ2v) is 4.39. The molecule has 0 fully saturated rings. The number of benzene rings is 1. The van der Waals surface area contributed by atoms with Crippen molar-refractivity contribution < 1.29 is 14.2 Å². The minimum Gasteiger partial charge on any atom is -0.490 e. The van der Waals surface area contributed by atoms with Crippen LogP contribution in [0.25, 0.3) is 0 Å². The minimum absolute atomic E-state index is 0.410. The van der Waals surface area contributed by atoms with E-state index in [0.717, 1.165) is 36.5 Å². The second kappa shape index (κ2) is 9.93. The van der Waals surface area contributed by atoms with E-state index in [1.54, 1.807) is 0 Å². The Hall–Kier alpha value is -0.930. The molecule has 0 heterocycles. The summed E-state index contributed by atoms with van der Waals surface area (Å²) < 4.78 is 16.8. The molecular formula is C15H23ClO3. The first-order chi connectivity index (χ1) is 9.33. The molecule has 1 aromatic rings. The molecule has 0 aliphatic heterocycles. The van der Waals surface area contributed by atoms with Crippen LogP contribution in [0.5, 0.6) is 11.5 Å². The van der Waals surface area contributed by atoms with Gasteiger partial charge in [-0.25, -0.2) is 0 Å². The monoisotopic (exact) mass is 286 g/mol. The number of ether oxygens (including phenoxy) is 3. The molecule has 0 N–H and O–H groups in total. The summed E-state index contributed by atoms with van der Waals surface area (Å²) in [4.78, 5) is 0. The van der Waals surface area contributed by atoms with E-state index in [0.29, 0.717) is 25.7 Å². The highest BCUT2D eigenvalue weighted by molar-refractivity contribution is 6.17. The van der Waals surface area contributed by atoms with Crippen molar-refractivity contribution in [2.75, 3.05) is 26.4 Å². The summed E-state index contributed by atoms with van der Waals surface area (Å²) >= 11 is 5.92. The molecule has 3 nitrogen and oxygen atoms in total. The van der Waals surface area contributed by atoms with Crippen molar-refractivity contribution in [1.29, 1.82) is 0 Å². The molecule has 0 amide bonds. The zero-order chi connectivity index (χ0) is 13.9. The van der Waals surface area contributed by atoms with Crippen molar-refractivity contribution in [2.24, 2.45) is 0 Å². The van der Waals surface area contributed by atoms with Crippen LogP contribution in [0.2, 0.25) is 0 Å². The molecule has 0 saturated heterocycles. The molecule has 1 aromatic carbocycles. The van der Waals surface area contributed by atoms with Gasteiger partial charge in [0.1, 0.15) is 6.61 Å². The molecule has 0 radical (unpaired) electrons. The Morgan fingerprint density at radius 2 is 1.89 bits per heavy atom. The summed E-state index contributed by atoms with van der Waals surface area (Å²) in [6, 6.07) is 5.77. The molecule has 0 unspecified atom stereocenters. The Labute approximate surface area is 120 Å². The van der Waals surface area contributed by atoms with Gasteiger partial charge in [-0.3, -0.25) is 0 Å². The zero-order valence-corrected chi connectivity index (χ0v) is 12.5. The van der Waals surface area contributed by atoms with Crippen LogP contribution >= 0.6 is 11.6 Å². The van der Waals surface area contributed by atoms with Crippen LogP contribution in [0, 0.1) is 0 Å². The van der Waals surface area contributed by atoms with Crippen LogP contribution in [-0.2, 0) is 10.6 Å². The van der Waals surface area contributed by atoms with Gasteiger partial charge >= 0.3 is 0 Å². The third-order valence-electron chi connectivity index (χ3n) is 2.62. The summed E-state index contributed by atoms with van der Waals surface area (Å²) in [5, 5.41) is 0. The largest absolute Gasteiger partial charge is 0.490 e. The predicted octanol–water partition coefficient (Wildman–Crippen LogP) is 4.02. The fourth-order valence-corrected chi connectivity index (χ4v) is 1.86. The first-order valence-corrected chi connectivity index (χ1v) is 7.38. The van der Waals surface area contributed by atoms with E-state index >= 15 is 0 Å². The maximum Gasteiger partial charge on any atom is 0.165 e. The third-order valence-corrected chi connectivity index (χ3v) is 2.91. The quantitative estimate of drug-likeness (QED) is 0.480. The molecule has 0 saturated carbocycles. The third kappa shape index (κ3) is 5.70. The van der Waals surface area contributed by atoms with Crippen LogP contribution in [-0.4, -0.2) is 26.4 Å². The summed E-state index contributed by atoms with van der Waals surface area (Å²) in [7, 11) is 0. The molecule has 4 heteroatoms. The van der Waals surface area contributed by atoms with E-state index in [2.05, 4.69) is 6.92 Å². The van der Waals surface area contributed by atoms with Crippen molar-refractivity contribution in [1.82, 2.24) is 0 Å².